The predicted molar refractivity (Wildman–Crippen MR) is 110 cm³/mol. The second kappa shape index (κ2) is 5.17. The maximum atomic E-state index is 9.74. The van der Waals surface area contributed by atoms with Crippen molar-refractivity contribution >= 4 is 40.0 Å². The molecule has 0 aromatic heterocycles. The Morgan fingerprint density at radius 3 is 2.70 bits per heavy atom. The van der Waals surface area contributed by atoms with Gasteiger partial charge >= 0.3 is 0 Å². The Balaban J connectivity index is 1.70. The lowest BCUT2D eigenvalue weighted by Crippen LogP contribution is -2.61. The van der Waals surface area contributed by atoms with E-state index in [9.17, 15) is 5.11 Å². The van der Waals surface area contributed by atoms with Crippen LogP contribution in [0.15, 0.2) is 53.5 Å². The van der Waals surface area contributed by atoms with Crippen molar-refractivity contribution in [3.05, 3.63) is 59.1 Å². The highest BCUT2D eigenvalue weighted by molar-refractivity contribution is 6.30. The van der Waals surface area contributed by atoms with Crippen molar-refractivity contribution in [1.82, 2.24) is 0 Å². The average molecular weight is 379 g/mol. The smallest absolute Gasteiger partial charge is 0.228 e. The Kier molecular flexibility index (Phi) is 3.15. The fraction of sp³-hybridized carbons (Fsp3) is 0.227. The van der Waals surface area contributed by atoms with E-state index in [0.717, 1.165) is 33.5 Å². The summed E-state index contributed by atoms with van der Waals surface area (Å²) in [4.78, 5) is 6.96. The van der Waals surface area contributed by atoms with Gasteiger partial charge in [0.25, 0.3) is 0 Å². The summed E-state index contributed by atoms with van der Waals surface area (Å²) in [5, 5.41) is 12.3. The summed E-state index contributed by atoms with van der Waals surface area (Å²) in [5.74, 6) is 0.970. The maximum absolute atomic E-state index is 9.74. The molecule has 1 unspecified atom stereocenters. The van der Waals surface area contributed by atoms with Crippen LogP contribution in [0, 0.1) is 0 Å². The van der Waals surface area contributed by atoms with Crippen molar-refractivity contribution < 1.29 is 9.84 Å². The molecule has 2 aliphatic heterocycles. The second-order valence-electron chi connectivity index (χ2n) is 7.72. The van der Waals surface area contributed by atoms with Gasteiger partial charge in [-0.2, -0.15) is 0 Å². The summed E-state index contributed by atoms with van der Waals surface area (Å²) in [6.07, 6.45) is 1.90. The first-order valence-electron chi connectivity index (χ1n) is 8.87. The van der Waals surface area contributed by atoms with Crippen molar-refractivity contribution in [3.8, 4) is 11.5 Å². The number of rotatable bonds is 0. The average Bonchev–Trinajstić information content (AvgIpc) is 2.80. The molecule has 1 atom stereocenters. The predicted octanol–water partition coefficient (Wildman–Crippen LogP) is 5.42. The molecule has 1 N–H and O–H groups in total. The molecule has 3 aromatic rings. The van der Waals surface area contributed by atoms with Crippen LogP contribution in [0.2, 0.25) is 5.02 Å². The van der Waals surface area contributed by atoms with Crippen molar-refractivity contribution in [2.75, 3.05) is 11.9 Å². The molecule has 2 heterocycles. The normalized spacial score (nSPS) is 22.0. The van der Waals surface area contributed by atoms with Gasteiger partial charge in [-0.25, -0.2) is 0 Å². The third-order valence-electron chi connectivity index (χ3n) is 5.96. The SMILES string of the molecule is CN1c2ccc(Cl)cc2C(C)(C)C12C=Nc1c(ccc3cc(O)ccc13)O2. The number of ether oxygens (including phenoxy) is 1. The third kappa shape index (κ3) is 2.02. The van der Waals surface area contributed by atoms with E-state index < -0.39 is 5.72 Å². The summed E-state index contributed by atoms with van der Waals surface area (Å²) in [6.45, 7) is 4.31. The number of phenols is 1. The van der Waals surface area contributed by atoms with Crippen molar-refractivity contribution in [2.45, 2.75) is 25.0 Å². The van der Waals surface area contributed by atoms with Crippen LogP contribution in [0.1, 0.15) is 19.4 Å². The zero-order valence-electron chi connectivity index (χ0n) is 15.3. The van der Waals surface area contributed by atoms with Gasteiger partial charge in [-0.1, -0.05) is 17.7 Å². The van der Waals surface area contributed by atoms with E-state index >= 15 is 0 Å². The zero-order chi connectivity index (χ0) is 19.0. The van der Waals surface area contributed by atoms with Crippen LogP contribution in [0.3, 0.4) is 0 Å². The number of hydrogen-bond acceptors (Lipinski definition) is 4. The number of nitrogens with zero attached hydrogens (tertiary/aromatic N) is 2. The van der Waals surface area contributed by atoms with Gasteiger partial charge in [0.05, 0.1) is 11.6 Å². The van der Waals surface area contributed by atoms with Gasteiger partial charge in [0.2, 0.25) is 5.72 Å². The molecular weight excluding hydrogens is 360 g/mol. The minimum Gasteiger partial charge on any atom is -0.508 e. The maximum Gasteiger partial charge on any atom is 0.228 e. The first-order valence-corrected chi connectivity index (χ1v) is 9.25. The lowest BCUT2D eigenvalue weighted by atomic mass is 9.77. The number of aromatic hydroxyl groups is 1. The highest BCUT2D eigenvalue weighted by atomic mass is 35.5. The summed E-state index contributed by atoms with van der Waals surface area (Å²) in [5.41, 5.74) is 1.92. The lowest BCUT2D eigenvalue weighted by molar-refractivity contribution is 0.0826. The molecule has 136 valence electrons. The number of benzene rings is 3. The van der Waals surface area contributed by atoms with Crippen LogP contribution in [0.5, 0.6) is 11.5 Å². The number of hydrogen-bond donors (Lipinski definition) is 1. The van der Waals surface area contributed by atoms with Gasteiger partial charge in [-0.15, -0.1) is 0 Å². The number of halogens is 1. The van der Waals surface area contributed by atoms with Crippen LogP contribution in [0.25, 0.3) is 10.8 Å². The molecule has 0 aliphatic carbocycles. The first-order chi connectivity index (χ1) is 12.8. The van der Waals surface area contributed by atoms with E-state index in [0.29, 0.717) is 5.02 Å². The molecule has 5 heteroatoms. The van der Waals surface area contributed by atoms with Gasteiger partial charge in [-0.05, 0) is 67.3 Å². The van der Waals surface area contributed by atoms with Crippen molar-refractivity contribution in [1.29, 1.82) is 0 Å². The molecule has 3 aromatic carbocycles. The van der Waals surface area contributed by atoms with E-state index in [4.69, 9.17) is 21.3 Å². The number of fused-ring (bicyclic) bond motifs is 4. The molecule has 0 fully saturated rings. The number of aliphatic imine (C=N–C) groups is 1. The van der Waals surface area contributed by atoms with Gasteiger partial charge in [0.1, 0.15) is 17.2 Å². The van der Waals surface area contributed by atoms with Crippen LogP contribution in [-0.4, -0.2) is 24.1 Å². The molecule has 0 amide bonds. The molecule has 0 bridgehead atoms. The topological polar surface area (TPSA) is 45.1 Å². The van der Waals surface area contributed by atoms with Crippen molar-refractivity contribution in [2.24, 2.45) is 4.99 Å². The molecular formula is C22H19ClN2O2. The van der Waals surface area contributed by atoms with Crippen LogP contribution < -0.4 is 9.64 Å². The molecule has 4 nitrogen and oxygen atoms in total. The summed E-state index contributed by atoms with van der Waals surface area (Å²) >= 11 is 6.27. The Morgan fingerprint density at radius 1 is 1.07 bits per heavy atom. The summed E-state index contributed by atoms with van der Waals surface area (Å²) < 4.78 is 6.64. The number of anilines is 1. The van der Waals surface area contributed by atoms with Gasteiger partial charge < -0.3 is 14.7 Å². The minimum absolute atomic E-state index is 0.239. The largest absolute Gasteiger partial charge is 0.508 e. The molecule has 0 saturated heterocycles. The minimum atomic E-state index is -0.738. The Bertz CT molecular complexity index is 1140. The van der Waals surface area contributed by atoms with Crippen LogP contribution in [0.4, 0.5) is 11.4 Å². The van der Waals surface area contributed by atoms with Gasteiger partial charge in [0, 0.05) is 23.1 Å². The Morgan fingerprint density at radius 2 is 1.89 bits per heavy atom. The van der Waals surface area contributed by atoms with Gasteiger partial charge in [-0.3, -0.25) is 4.99 Å². The summed E-state index contributed by atoms with van der Waals surface area (Å²) in [7, 11) is 2.03. The fourth-order valence-corrected chi connectivity index (χ4v) is 4.55. The zero-order valence-corrected chi connectivity index (χ0v) is 16.1. The third-order valence-corrected chi connectivity index (χ3v) is 6.19. The number of phenolic OH excluding ortho intramolecular Hbond substituents is 1. The second-order valence-corrected chi connectivity index (χ2v) is 8.16. The lowest BCUT2D eigenvalue weighted by Gasteiger charge is -2.45. The Hall–Kier alpha value is -2.72. The number of likely N-dealkylation sites (N-methyl/N-ethyl adjacent to an activating group) is 1. The molecule has 2 aliphatic rings. The highest BCUT2D eigenvalue weighted by Gasteiger charge is 2.58. The van der Waals surface area contributed by atoms with E-state index in [2.05, 4.69) is 18.7 Å². The van der Waals surface area contributed by atoms with E-state index in [1.165, 1.54) is 0 Å². The molecule has 5 rings (SSSR count). The van der Waals surface area contributed by atoms with E-state index in [-0.39, 0.29) is 11.2 Å². The first kappa shape index (κ1) is 16.5. The van der Waals surface area contributed by atoms with Crippen LogP contribution in [-0.2, 0) is 5.41 Å². The molecule has 1 spiro atoms. The van der Waals surface area contributed by atoms with E-state index in [1.807, 2.05) is 49.7 Å². The highest BCUT2D eigenvalue weighted by Crippen LogP contribution is 2.54. The fourth-order valence-electron chi connectivity index (χ4n) is 4.38. The quantitative estimate of drug-likeness (QED) is 0.568. The molecule has 27 heavy (non-hydrogen) atoms. The monoisotopic (exact) mass is 378 g/mol. The standard InChI is InChI=1S/C22H19ClN2O2/c1-21(2)17-11-14(23)5-8-18(17)25(3)22(21)12-24-20-16-7-6-15(26)10-13(16)4-9-19(20)27-22/h4-12,26H,1-3H3. The Labute approximate surface area is 162 Å². The molecule has 0 radical (unpaired) electrons. The van der Waals surface area contributed by atoms with Crippen LogP contribution >= 0.6 is 11.6 Å². The van der Waals surface area contributed by atoms with E-state index in [1.54, 1.807) is 12.1 Å². The van der Waals surface area contributed by atoms with Crippen molar-refractivity contribution in [3.63, 3.8) is 0 Å². The summed E-state index contributed by atoms with van der Waals surface area (Å²) in [6, 6.07) is 15.1. The molecule has 0 saturated carbocycles. The van der Waals surface area contributed by atoms with Gasteiger partial charge in [0.15, 0.2) is 0 Å².